The first-order valence-electron chi connectivity index (χ1n) is 16.3. The van der Waals surface area contributed by atoms with Crippen molar-refractivity contribution in [2.45, 2.75) is 65.8 Å². The van der Waals surface area contributed by atoms with Crippen LogP contribution in [0.25, 0.3) is 0 Å². The molecule has 0 spiro atoms. The topological polar surface area (TPSA) is 146 Å². The summed E-state index contributed by atoms with van der Waals surface area (Å²) in [5, 5.41) is 6.75. The van der Waals surface area contributed by atoms with E-state index in [4.69, 9.17) is 0 Å². The molecule has 4 rings (SSSR count). The number of nitrogens with one attached hydrogen (secondary N) is 1. The molecule has 47 heavy (non-hydrogen) atoms. The molecule has 1 saturated carbocycles. The highest BCUT2D eigenvalue weighted by Crippen LogP contribution is 2.31. The number of benzene rings is 1. The lowest BCUT2D eigenvalue weighted by molar-refractivity contribution is -0.135. The van der Waals surface area contributed by atoms with Crippen molar-refractivity contribution in [2.24, 2.45) is 27.1 Å². The Morgan fingerprint density at radius 1 is 1.09 bits per heavy atom. The van der Waals surface area contributed by atoms with Crippen molar-refractivity contribution >= 4 is 45.4 Å². The number of rotatable bonds is 11. The van der Waals surface area contributed by atoms with E-state index < -0.39 is 39.5 Å². The molecule has 14 heteroatoms. The molecule has 2 atom stereocenters. The van der Waals surface area contributed by atoms with Crippen LogP contribution in [0.5, 0.6) is 0 Å². The number of amides is 3. The van der Waals surface area contributed by atoms with Gasteiger partial charge in [0.2, 0.25) is 5.91 Å². The average Bonchev–Trinajstić information content (AvgIpc) is 3.54. The first-order chi connectivity index (χ1) is 22.3. The SMILES string of the molecule is CCn1nccc1C(=O)N=C(C(=O)Nc1ccc([C@H](C)C(/C=N\S(=O)(=O)CC)C(=O)N2CCN(C)CC2)cc1F)C1CCC(C)CC1. The van der Waals surface area contributed by atoms with Crippen molar-refractivity contribution in [2.75, 3.05) is 44.3 Å². The summed E-state index contributed by atoms with van der Waals surface area (Å²) < 4.78 is 45.3. The number of hydrogen-bond donors (Lipinski definition) is 1. The Kier molecular flexibility index (Phi) is 12.2. The number of sulfonamides is 1. The van der Waals surface area contributed by atoms with Crippen LogP contribution >= 0.6 is 0 Å². The lowest BCUT2D eigenvalue weighted by atomic mass is 9.80. The highest BCUT2D eigenvalue weighted by Gasteiger charge is 2.32. The summed E-state index contributed by atoms with van der Waals surface area (Å²) in [6.45, 7) is 9.98. The summed E-state index contributed by atoms with van der Waals surface area (Å²) in [5.41, 5.74) is 0.667. The first kappa shape index (κ1) is 36.1. The van der Waals surface area contributed by atoms with Crippen molar-refractivity contribution in [3.05, 3.63) is 47.5 Å². The summed E-state index contributed by atoms with van der Waals surface area (Å²) in [6, 6.07) is 5.79. The van der Waals surface area contributed by atoms with Gasteiger partial charge < -0.3 is 15.1 Å². The van der Waals surface area contributed by atoms with Crippen LogP contribution in [0.15, 0.2) is 39.9 Å². The smallest absolute Gasteiger partial charge is 0.295 e. The van der Waals surface area contributed by atoms with Crippen LogP contribution in [0.4, 0.5) is 10.1 Å². The van der Waals surface area contributed by atoms with Crippen molar-refractivity contribution in [1.82, 2.24) is 19.6 Å². The Labute approximate surface area is 276 Å². The Bertz CT molecular complexity index is 1610. The van der Waals surface area contributed by atoms with Gasteiger partial charge in [-0.25, -0.2) is 17.8 Å². The minimum absolute atomic E-state index is 0.0637. The highest BCUT2D eigenvalue weighted by molar-refractivity contribution is 7.90. The van der Waals surface area contributed by atoms with Crippen LogP contribution in [0.1, 0.15) is 75.3 Å². The van der Waals surface area contributed by atoms with Crippen LogP contribution < -0.4 is 5.32 Å². The standard InChI is InChI=1S/C33H46FN7O5S/c1-6-41-29(14-15-35-41)31(42)38-30(24-10-8-22(3)9-11-24)32(43)37-28-13-12-25(20-27(28)34)23(4)26(21-36-47(45,46)7-2)33(44)40-18-16-39(5)17-19-40/h12-15,20-24,26H,6-11,16-19H2,1-5H3,(H,37,43)/b36-21-,38-30?/t22?,23-,24?,26?/m0/s1. The van der Waals surface area contributed by atoms with E-state index in [1.165, 1.54) is 29.9 Å². The maximum atomic E-state index is 15.6. The lowest BCUT2D eigenvalue weighted by Gasteiger charge is -2.35. The molecule has 12 nitrogen and oxygen atoms in total. The molecule has 2 aromatic rings. The number of likely N-dealkylation sites (N-methyl/N-ethyl adjacent to an activating group) is 1. The van der Waals surface area contributed by atoms with Gasteiger partial charge in [-0.1, -0.05) is 32.8 Å². The molecule has 2 fully saturated rings. The molecule has 1 saturated heterocycles. The fourth-order valence-corrected chi connectivity index (χ4v) is 6.45. The fraction of sp³-hybridized carbons (Fsp3) is 0.576. The maximum absolute atomic E-state index is 15.6. The van der Waals surface area contributed by atoms with Gasteiger partial charge >= 0.3 is 0 Å². The van der Waals surface area contributed by atoms with Crippen LogP contribution in [0.3, 0.4) is 0 Å². The predicted molar refractivity (Wildman–Crippen MR) is 180 cm³/mol. The molecule has 0 bridgehead atoms. The van der Waals surface area contributed by atoms with Gasteiger partial charge in [0.15, 0.2) is 0 Å². The molecule has 1 aliphatic carbocycles. The van der Waals surface area contributed by atoms with Gasteiger partial charge in [0.05, 0.1) is 17.4 Å². The summed E-state index contributed by atoms with van der Waals surface area (Å²) in [4.78, 5) is 48.4. The van der Waals surface area contributed by atoms with Crippen molar-refractivity contribution in [3.63, 3.8) is 0 Å². The van der Waals surface area contributed by atoms with E-state index in [0.717, 1.165) is 19.1 Å². The number of carbonyl (C=O) groups excluding carboxylic acids is 3. The van der Waals surface area contributed by atoms with Gasteiger partial charge in [-0.05, 0) is 69.3 Å². The van der Waals surface area contributed by atoms with Crippen LogP contribution in [-0.2, 0) is 26.2 Å². The number of halogens is 1. The maximum Gasteiger partial charge on any atom is 0.295 e. The van der Waals surface area contributed by atoms with Gasteiger partial charge in [-0.3, -0.25) is 19.1 Å². The number of aryl methyl sites for hydroxylation is 1. The molecule has 2 heterocycles. The zero-order valence-electron chi connectivity index (χ0n) is 27.9. The molecule has 0 radical (unpaired) electrons. The number of piperazine rings is 1. The van der Waals surface area contributed by atoms with Crippen LogP contribution in [0.2, 0.25) is 0 Å². The van der Waals surface area contributed by atoms with Crippen LogP contribution in [-0.4, -0.2) is 96.6 Å². The van der Waals surface area contributed by atoms with E-state index in [1.54, 1.807) is 24.0 Å². The third kappa shape index (κ3) is 9.19. The normalized spacial score (nSPS) is 21.1. The third-order valence-corrected chi connectivity index (χ3v) is 10.4. The van der Waals surface area contributed by atoms with Gasteiger partial charge in [0, 0.05) is 51.1 Å². The van der Waals surface area contributed by atoms with E-state index in [0.29, 0.717) is 57.0 Å². The van der Waals surface area contributed by atoms with E-state index in [1.807, 2.05) is 14.0 Å². The number of hydrogen-bond acceptors (Lipinski definition) is 7. The van der Waals surface area contributed by atoms with Gasteiger partial charge in [-0.2, -0.15) is 9.50 Å². The molecule has 3 amide bonds. The molecule has 256 valence electrons. The molecular weight excluding hydrogens is 625 g/mol. The first-order valence-corrected chi connectivity index (χ1v) is 17.9. The van der Waals surface area contributed by atoms with Crippen LogP contribution in [0, 0.1) is 23.6 Å². The molecule has 1 aromatic heterocycles. The second-order valence-electron chi connectivity index (χ2n) is 12.6. The molecule has 1 unspecified atom stereocenters. The van der Waals surface area contributed by atoms with Gasteiger partial charge in [0.25, 0.3) is 21.8 Å². The Morgan fingerprint density at radius 2 is 1.77 bits per heavy atom. The quantitative estimate of drug-likeness (QED) is 0.356. The largest absolute Gasteiger partial charge is 0.340 e. The van der Waals surface area contributed by atoms with E-state index in [-0.39, 0.29) is 34.7 Å². The molecule has 2 aliphatic rings. The Hall–Kier alpha value is -3.78. The highest BCUT2D eigenvalue weighted by atomic mass is 32.2. The molecule has 1 aromatic carbocycles. The van der Waals surface area contributed by atoms with E-state index in [2.05, 4.69) is 31.6 Å². The third-order valence-electron chi connectivity index (χ3n) is 9.25. The monoisotopic (exact) mass is 671 g/mol. The van der Waals surface area contributed by atoms with Crippen molar-refractivity contribution < 1.29 is 27.2 Å². The number of anilines is 1. The minimum atomic E-state index is -3.75. The predicted octanol–water partition coefficient (Wildman–Crippen LogP) is 4.00. The molecular formula is C33H46FN7O5S. The lowest BCUT2D eigenvalue weighted by Crippen LogP contribution is -2.50. The number of carbonyl (C=O) groups is 3. The van der Waals surface area contributed by atoms with Crippen molar-refractivity contribution in [3.8, 4) is 0 Å². The second-order valence-corrected chi connectivity index (χ2v) is 14.5. The molecule has 1 N–H and O–H groups in total. The Balaban J connectivity index is 1.59. The van der Waals surface area contributed by atoms with Gasteiger partial charge in [0.1, 0.15) is 17.2 Å². The number of aromatic nitrogens is 2. The minimum Gasteiger partial charge on any atom is -0.340 e. The number of nitrogens with zero attached hydrogens (tertiary/aromatic N) is 6. The zero-order chi connectivity index (χ0) is 34.3. The summed E-state index contributed by atoms with van der Waals surface area (Å²) >= 11 is 0. The van der Waals surface area contributed by atoms with E-state index in [9.17, 15) is 22.8 Å². The van der Waals surface area contributed by atoms with E-state index >= 15 is 4.39 Å². The van der Waals surface area contributed by atoms with Gasteiger partial charge in [-0.15, -0.1) is 0 Å². The van der Waals surface area contributed by atoms with Crippen molar-refractivity contribution in [1.29, 1.82) is 0 Å². The summed E-state index contributed by atoms with van der Waals surface area (Å²) in [5.74, 6) is -3.80. The number of aliphatic imine (C=N–C) groups is 1. The fourth-order valence-electron chi connectivity index (χ4n) is 5.98. The molecule has 1 aliphatic heterocycles. The summed E-state index contributed by atoms with van der Waals surface area (Å²) in [6.07, 6.45) is 5.80. The summed E-state index contributed by atoms with van der Waals surface area (Å²) in [7, 11) is -1.79. The second kappa shape index (κ2) is 15.9. The average molecular weight is 672 g/mol. The zero-order valence-corrected chi connectivity index (χ0v) is 28.7. The Morgan fingerprint density at radius 3 is 2.38 bits per heavy atom.